The molecule has 0 aromatic heterocycles. The van der Waals surface area contributed by atoms with Crippen LogP contribution in [0.5, 0.6) is 0 Å². The number of carboxylic acid groups (broad SMARTS) is 1. The Morgan fingerprint density at radius 1 is 0.380 bits per heavy atom. The van der Waals surface area contributed by atoms with E-state index in [1.165, 1.54) is 218 Å². The van der Waals surface area contributed by atoms with E-state index in [9.17, 15) is 19.5 Å². The molecular weight excluding hydrogens is 983 g/mol. The quantitative estimate of drug-likeness (QED) is 0.0195. The highest BCUT2D eigenvalue weighted by molar-refractivity contribution is 5.70. The van der Waals surface area contributed by atoms with Crippen molar-refractivity contribution < 1.29 is 42.9 Å². The zero-order valence-corrected chi connectivity index (χ0v) is 52.8. The second-order valence-electron chi connectivity index (χ2n) is 24.1. The molecule has 9 nitrogen and oxygen atoms in total. The number of carbonyl (C=O) groups is 3. The van der Waals surface area contributed by atoms with Crippen molar-refractivity contribution in [2.75, 3.05) is 47.5 Å². The third-order valence-electron chi connectivity index (χ3n) is 15.0. The summed E-state index contributed by atoms with van der Waals surface area (Å²) in [7, 11) is 5.93. The number of carboxylic acids is 1. The van der Waals surface area contributed by atoms with Gasteiger partial charge in [0.15, 0.2) is 12.4 Å². The molecule has 0 heterocycles. The fourth-order valence-electron chi connectivity index (χ4n) is 9.84. The molecule has 0 saturated heterocycles. The Morgan fingerprint density at radius 2 is 0.684 bits per heavy atom. The normalized spacial score (nSPS) is 13.0. The van der Waals surface area contributed by atoms with Crippen molar-refractivity contribution in [3.05, 3.63) is 48.6 Å². The zero-order chi connectivity index (χ0) is 57.6. The van der Waals surface area contributed by atoms with Crippen LogP contribution in [0.4, 0.5) is 0 Å². The number of hydrogen-bond acceptors (Lipinski definition) is 8. The van der Waals surface area contributed by atoms with Crippen LogP contribution in [0.25, 0.3) is 0 Å². The van der Waals surface area contributed by atoms with Crippen LogP contribution in [0.1, 0.15) is 322 Å². The first-order valence-electron chi connectivity index (χ1n) is 33.8. The summed E-state index contributed by atoms with van der Waals surface area (Å²) < 4.78 is 22.7. The van der Waals surface area contributed by atoms with Gasteiger partial charge in [-0.15, -0.1) is 0 Å². The Bertz CT molecular complexity index is 1430. The van der Waals surface area contributed by atoms with Crippen molar-refractivity contribution in [2.24, 2.45) is 0 Å². The molecule has 0 fully saturated rings. The highest BCUT2D eigenvalue weighted by atomic mass is 16.7. The molecule has 79 heavy (non-hydrogen) atoms. The molecule has 0 aliphatic carbocycles. The van der Waals surface area contributed by atoms with Crippen molar-refractivity contribution >= 4 is 17.9 Å². The molecule has 2 unspecified atom stereocenters. The fourth-order valence-corrected chi connectivity index (χ4v) is 9.84. The van der Waals surface area contributed by atoms with Gasteiger partial charge in [0.1, 0.15) is 13.2 Å². The topological polar surface area (TPSA) is 111 Å². The Morgan fingerprint density at radius 3 is 1.05 bits per heavy atom. The summed E-state index contributed by atoms with van der Waals surface area (Å²) in [6, 6.07) is 0. The van der Waals surface area contributed by atoms with Crippen molar-refractivity contribution in [2.45, 2.75) is 334 Å². The smallest absolute Gasteiger partial charge is 0.306 e. The van der Waals surface area contributed by atoms with E-state index in [2.05, 4.69) is 62.5 Å². The van der Waals surface area contributed by atoms with Gasteiger partial charge in [0.25, 0.3) is 0 Å². The first-order valence-corrected chi connectivity index (χ1v) is 33.8. The second-order valence-corrected chi connectivity index (χ2v) is 24.1. The number of aliphatic carboxylic acids is 1. The lowest BCUT2D eigenvalue weighted by Gasteiger charge is -2.26. The van der Waals surface area contributed by atoms with Crippen molar-refractivity contribution in [1.29, 1.82) is 0 Å². The third kappa shape index (κ3) is 62.7. The van der Waals surface area contributed by atoms with Crippen molar-refractivity contribution in [3.63, 3.8) is 0 Å². The minimum absolute atomic E-state index is 0.145. The summed E-state index contributed by atoms with van der Waals surface area (Å²) >= 11 is 0. The van der Waals surface area contributed by atoms with E-state index in [1.54, 1.807) is 0 Å². The summed E-state index contributed by atoms with van der Waals surface area (Å²) in [4.78, 5) is 37.4. The maximum atomic E-state index is 12.9. The van der Waals surface area contributed by atoms with E-state index in [0.717, 1.165) is 70.6 Å². The molecule has 0 aliphatic rings. The number of unbranched alkanes of at least 4 members (excludes halogenated alkanes) is 40. The molecule has 0 aromatic carbocycles. The van der Waals surface area contributed by atoms with E-state index >= 15 is 0 Å². The van der Waals surface area contributed by atoms with Crippen molar-refractivity contribution in [1.82, 2.24) is 0 Å². The number of ether oxygens (including phenoxy) is 4. The van der Waals surface area contributed by atoms with E-state index in [0.29, 0.717) is 23.9 Å². The van der Waals surface area contributed by atoms with E-state index < -0.39 is 24.3 Å². The monoisotopic (exact) mass is 1110 g/mol. The number of esters is 2. The van der Waals surface area contributed by atoms with Gasteiger partial charge in [0, 0.05) is 12.8 Å². The molecule has 0 spiro atoms. The van der Waals surface area contributed by atoms with Crippen molar-refractivity contribution in [3.8, 4) is 0 Å². The van der Waals surface area contributed by atoms with Gasteiger partial charge < -0.3 is 33.3 Å². The molecule has 0 aromatic rings. The van der Waals surface area contributed by atoms with Crippen LogP contribution in [-0.4, -0.2) is 82.3 Å². The Balaban J connectivity index is 4.03. The van der Waals surface area contributed by atoms with Gasteiger partial charge in [-0.25, -0.2) is 0 Å². The molecule has 0 amide bonds. The maximum absolute atomic E-state index is 12.9. The van der Waals surface area contributed by atoms with Crippen LogP contribution in [0, 0.1) is 0 Å². The third-order valence-corrected chi connectivity index (χ3v) is 15.0. The van der Waals surface area contributed by atoms with E-state index in [-0.39, 0.29) is 32.2 Å². The number of carbonyl (C=O) groups excluding carboxylic acids is 3. The number of rotatable bonds is 63. The number of hydrogen-bond donors (Lipinski definition) is 0. The van der Waals surface area contributed by atoms with E-state index in [1.807, 2.05) is 21.1 Å². The molecule has 0 aliphatic heterocycles. The minimum atomic E-state index is -1.63. The molecule has 0 N–H and O–H groups in total. The standard InChI is InChI=1S/C70H129NO8/c1-6-8-10-12-14-16-18-20-22-24-26-27-28-29-30-31-32-33-34-35-36-37-38-39-40-41-43-44-46-48-50-52-54-56-58-60-67(72)77-64-66(65-78-70(69(74)75)76-63-62-71(3,4)5)79-68(73)61-59-57-55-53-51-49-47-45-42-25-23-21-19-17-15-13-11-9-7-2/h15,17,21,23-24,26,42,45,66,70H,6-14,16,18-20,22,25,27-41,43-44,46-65H2,1-5H3/b17-15-,23-21-,26-24-,45-42-. The van der Waals surface area contributed by atoms with Gasteiger partial charge in [-0.2, -0.15) is 0 Å². The first-order chi connectivity index (χ1) is 38.6. The highest BCUT2D eigenvalue weighted by Gasteiger charge is 2.22. The molecule has 0 bridgehead atoms. The largest absolute Gasteiger partial charge is 0.545 e. The molecule has 462 valence electrons. The van der Waals surface area contributed by atoms with E-state index in [4.69, 9.17) is 18.9 Å². The number of allylic oxidation sites excluding steroid dienone is 8. The second kappa shape index (κ2) is 61.3. The van der Waals surface area contributed by atoms with Crippen LogP contribution < -0.4 is 5.11 Å². The molecule has 2 atom stereocenters. The van der Waals surface area contributed by atoms with Crippen LogP contribution >= 0.6 is 0 Å². The van der Waals surface area contributed by atoms with Gasteiger partial charge in [0.05, 0.1) is 40.3 Å². The Kier molecular flexibility index (Phi) is 59.2. The van der Waals surface area contributed by atoms with Crippen LogP contribution in [0.3, 0.4) is 0 Å². The van der Waals surface area contributed by atoms with Gasteiger partial charge >= 0.3 is 11.9 Å². The first kappa shape index (κ1) is 76.2. The van der Waals surface area contributed by atoms with Gasteiger partial charge in [-0.1, -0.05) is 281 Å². The Hall–Kier alpha value is -2.75. The summed E-state index contributed by atoms with van der Waals surface area (Å²) in [5, 5.41) is 11.8. The lowest BCUT2D eigenvalue weighted by molar-refractivity contribution is -0.870. The average Bonchev–Trinajstić information content (AvgIpc) is 3.42. The molecular formula is C70H129NO8. The van der Waals surface area contributed by atoms with Gasteiger partial charge in [-0.05, 0) is 77.0 Å². The van der Waals surface area contributed by atoms with Gasteiger partial charge in [0.2, 0.25) is 0 Å². The molecule has 0 rings (SSSR count). The van der Waals surface area contributed by atoms with Crippen LogP contribution in [0.2, 0.25) is 0 Å². The summed E-state index contributed by atoms with van der Waals surface area (Å²) in [6.45, 7) is 4.74. The highest BCUT2D eigenvalue weighted by Crippen LogP contribution is 2.18. The number of nitrogens with zero attached hydrogens (tertiary/aromatic N) is 1. The number of likely N-dealkylation sites (N-methyl/N-ethyl adjacent to an activating group) is 1. The SMILES string of the molecule is CCCCC/C=C\C/C=C\C/C=C\CCCCCCCCC(=O)OC(COC(=O)CCCCCCCCCCCCCCCCCCCCCCCCC/C=C\CCCCCCCCCC)COC(OCC[N+](C)(C)C)C(=O)[O-]. The zero-order valence-electron chi connectivity index (χ0n) is 52.8. The van der Waals surface area contributed by atoms with Gasteiger partial charge in [-0.3, -0.25) is 9.59 Å². The predicted octanol–water partition coefficient (Wildman–Crippen LogP) is 19.2. The Labute approximate surface area is 489 Å². The van der Waals surface area contributed by atoms with Crippen LogP contribution in [0.15, 0.2) is 48.6 Å². The minimum Gasteiger partial charge on any atom is -0.545 e. The maximum Gasteiger partial charge on any atom is 0.306 e. The molecule has 9 heteroatoms. The number of quaternary nitrogens is 1. The summed E-state index contributed by atoms with van der Waals surface area (Å²) in [5.41, 5.74) is 0. The average molecular weight is 1110 g/mol. The summed E-state index contributed by atoms with van der Waals surface area (Å²) in [5.74, 6) is -2.28. The predicted molar refractivity (Wildman–Crippen MR) is 334 cm³/mol. The molecule has 0 saturated carbocycles. The summed E-state index contributed by atoms with van der Waals surface area (Å²) in [6.07, 6.45) is 74.9. The lowest BCUT2D eigenvalue weighted by Crippen LogP contribution is -2.44. The fraction of sp³-hybridized carbons (Fsp3) is 0.843. The molecule has 0 radical (unpaired) electrons. The van der Waals surface area contributed by atoms with Crippen LogP contribution in [-0.2, 0) is 33.3 Å². The lowest BCUT2D eigenvalue weighted by atomic mass is 10.0.